The van der Waals surface area contributed by atoms with Crippen LogP contribution in [0, 0.1) is 12.8 Å². The van der Waals surface area contributed by atoms with E-state index in [4.69, 9.17) is 4.99 Å². The third-order valence-electron chi connectivity index (χ3n) is 6.30. The van der Waals surface area contributed by atoms with E-state index in [1.54, 1.807) is 11.3 Å². The molecule has 3 heterocycles. The van der Waals surface area contributed by atoms with Crippen LogP contribution in [-0.2, 0) is 13.0 Å². The Kier molecular flexibility index (Phi) is 7.39. The standard InChI is InChI=1S/C24H35N5S/c1-3-25-24(26-13-11-23-27-16-19(2)30-23)29-15-12-22-21(18-29)10-7-14-28(22)17-20-8-5-4-6-9-20/h4-6,8-9,16,21-22H,3,7,10-15,17-18H2,1-2H3,(H,25,26). The van der Waals surface area contributed by atoms with Crippen LogP contribution >= 0.6 is 11.3 Å². The number of nitrogens with zero attached hydrogens (tertiary/aromatic N) is 4. The first kappa shape index (κ1) is 21.3. The van der Waals surface area contributed by atoms with E-state index in [0.29, 0.717) is 6.04 Å². The van der Waals surface area contributed by atoms with Crippen LogP contribution in [0.15, 0.2) is 41.5 Å². The van der Waals surface area contributed by atoms with Crippen LogP contribution in [0.4, 0.5) is 0 Å². The van der Waals surface area contributed by atoms with Crippen molar-refractivity contribution in [3.8, 4) is 0 Å². The van der Waals surface area contributed by atoms with Gasteiger partial charge in [0.25, 0.3) is 0 Å². The Morgan fingerprint density at radius 1 is 1.23 bits per heavy atom. The van der Waals surface area contributed by atoms with Gasteiger partial charge in [-0.1, -0.05) is 30.3 Å². The number of aromatic nitrogens is 1. The fourth-order valence-electron chi connectivity index (χ4n) is 4.91. The van der Waals surface area contributed by atoms with Crippen molar-refractivity contribution in [3.63, 3.8) is 0 Å². The molecule has 30 heavy (non-hydrogen) atoms. The Hall–Kier alpha value is -1.92. The number of hydrogen-bond donors (Lipinski definition) is 1. The average Bonchev–Trinajstić information content (AvgIpc) is 3.19. The van der Waals surface area contributed by atoms with Gasteiger partial charge in [-0.2, -0.15) is 0 Å². The predicted molar refractivity (Wildman–Crippen MR) is 126 cm³/mol. The Balaban J connectivity index is 1.36. The monoisotopic (exact) mass is 425 g/mol. The second-order valence-corrected chi connectivity index (χ2v) is 9.83. The number of fused-ring (bicyclic) bond motifs is 1. The second kappa shape index (κ2) is 10.4. The van der Waals surface area contributed by atoms with E-state index in [-0.39, 0.29) is 0 Å². The minimum atomic E-state index is 0.705. The molecule has 2 atom stereocenters. The van der Waals surface area contributed by atoms with Gasteiger partial charge in [0.2, 0.25) is 0 Å². The number of piperidine rings is 2. The maximum absolute atomic E-state index is 4.95. The quantitative estimate of drug-likeness (QED) is 0.562. The topological polar surface area (TPSA) is 43.8 Å². The molecule has 2 aliphatic heterocycles. The van der Waals surface area contributed by atoms with Gasteiger partial charge in [-0.25, -0.2) is 4.98 Å². The zero-order valence-electron chi connectivity index (χ0n) is 18.4. The molecule has 2 aliphatic rings. The number of rotatable bonds is 6. The summed E-state index contributed by atoms with van der Waals surface area (Å²) in [6.07, 6.45) is 6.76. The van der Waals surface area contributed by atoms with Gasteiger partial charge in [0.05, 0.1) is 5.01 Å². The molecular weight excluding hydrogens is 390 g/mol. The van der Waals surface area contributed by atoms with E-state index in [0.717, 1.165) is 51.0 Å². The van der Waals surface area contributed by atoms with Gasteiger partial charge >= 0.3 is 0 Å². The number of likely N-dealkylation sites (tertiary alicyclic amines) is 2. The lowest BCUT2D eigenvalue weighted by Gasteiger charge is -2.48. The highest BCUT2D eigenvalue weighted by molar-refractivity contribution is 7.11. The largest absolute Gasteiger partial charge is 0.357 e. The summed E-state index contributed by atoms with van der Waals surface area (Å²) < 4.78 is 0. The smallest absolute Gasteiger partial charge is 0.193 e. The first-order valence-corrected chi connectivity index (χ1v) is 12.3. The highest BCUT2D eigenvalue weighted by atomic mass is 32.1. The van der Waals surface area contributed by atoms with Crippen LogP contribution in [0.2, 0.25) is 0 Å². The number of nitrogens with one attached hydrogen (secondary N) is 1. The average molecular weight is 426 g/mol. The minimum Gasteiger partial charge on any atom is -0.357 e. The molecule has 6 heteroatoms. The van der Waals surface area contributed by atoms with Crippen LogP contribution in [0.1, 0.15) is 41.6 Å². The summed E-state index contributed by atoms with van der Waals surface area (Å²) in [6, 6.07) is 11.7. The molecule has 0 aliphatic carbocycles. The van der Waals surface area contributed by atoms with Crippen molar-refractivity contribution >= 4 is 17.3 Å². The lowest BCUT2D eigenvalue weighted by Crippen LogP contribution is -2.56. The first-order valence-electron chi connectivity index (χ1n) is 11.5. The lowest BCUT2D eigenvalue weighted by molar-refractivity contribution is 0.0372. The summed E-state index contributed by atoms with van der Waals surface area (Å²) in [5.41, 5.74) is 1.44. The Morgan fingerprint density at radius 2 is 2.10 bits per heavy atom. The summed E-state index contributed by atoms with van der Waals surface area (Å²) in [4.78, 5) is 15.9. The summed E-state index contributed by atoms with van der Waals surface area (Å²) in [7, 11) is 0. The maximum atomic E-state index is 4.95. The molecule has 0 saturated carbocycles. The fraction of sp³-hybridized carbons (Fsp3) is 0.583. The molecule has 4 rings (SSSR count). The van der Waals surface area contributed by atoms with Crippen molar-refractivity contribution in [1.29, 1.82) is 0 Å². The van der Waals surface area contributed by atoms with Crippen LogP contribution in [0.3, 0.4) is 0 Å². The molecule has 0 spiro atoms. The van der Waals surface area contributed by atoms with Gasteiger partial charge in [-0.15, -0.1) is 11.3 Å². The third kappa shape index (κ3) is 5.41. The Bertz CT molecular complexity index is 818. The second-order valence-electron chi connectivity index (χ2n) is 8.51. The van der Waals surface area contributed by atoms with Crippen molar-refractivity contribution in [2.75, 3.05) is 32.7 Å². The van der Waals surface area contributed by atoms with Gasteiger partial charge in [-0.3, -0.25) is 9.89 Å². The third-order valence-corrected chi connectivity index (χ3v) is 7.27. The minimum absolute atomic E-state index is 0.705. The first-order chi connectivity index (χ1) is 14.7. The molecule has 2 fully saturated rings. The van der Waals surface area contributed by atoms with E-state index < -0.39 is 0 Å². The van der Waals surface area contributed by atoms with Crippen molar-refractivity contribution < 1.29 is 0 Å². The van der Waals surface area contributed by atoms with Gasteiger partial charge in [-0.05, 0) is 51.1 Å². The zero-order valence-corrected chi connectivity index (χ0v) is 19.2. The summed E-state index contributed by atoms with van der Waals surface area (Å²) >= 11 is 1.78. The summed E-state index contributed by atoms with van der Waals surface area (Å²) in [5, 5.41) is 4.73. The number of benzene rings is 1. The lowest BCUT2D eigenvalue weighted by atomic mass is 9.83. The Morgan fingerprint density at radius 3 is 2.87 bits per heavy atom. The molecule has 1 aromatic heterocycles. The van der Waals surface area contributed by atoms with E-state index >= 15 is 0 Å². The van der Waals surface area contributed by atoms with Crippen molar-refractivity contribution in [2.24, 2.45) is 10.9 Å². The highest BCUT2D eigenvalue weighted by Gasteiger charge is 2.36. The van der Waals surface area contributed by atoms with Crippen LogP contribution < -0.4 is 5.32 Å². The van der Waals surface area contributed by atoms with E-state index in [9.17, 15) is 0 Å². The molecule has 1 aromatic carbocycles. The van der Waals surface area contributed by atoms with Crippen LogP contribution in [0.5, 0.6) is 0 Å². The number of aryl methyl sites for hydroxylation is 1. The molecule has 2 saturated heterocycles. The summed E-state index contributed by atoms with van der Waals surface area (Å²) in [5.74, 6) is 1.83. The van der Waals surface area contributed by atoms with Crippen LogP contribution in [0.25, 0.3) is 0 Å². The maximum Gasteiger partial charge on any atom is 0.193 e. The number of thiazole rings is 1. The number of aliphatic imine (C=N–C) groups is 1. The molecule has 162 valence electrons. The van der Waals surface area contributed by atoms with Crippen LogP contribution in [-0.4, -0.2) is 59.5 Å². The van der Waals surface area contributed by atoms with E-state index in [1.165, 1.54) is 41.3 Å². The molecule has 1 N–H and O–H groups in total. The normalized spacial score (nSPS) is 22.7. The van der Waals surface area contributed by atoms with Crippen molar-refractivity contribution in [2.45, 2.75) is 52.1 Å². The number of guanidine groups is 1. The zero-order chi connectivity index (χ0) is 20.8. The molecule has 2 unspecified atom stereocenters. The van der Waals surface area contributed by atoms with E-state index in [1.807, 2.05) is 6.20 Å². The molecule has 5 nitrogen and oxygen atoms in total. The Labute approximate surface area is 185 Å². The molecule has 0 amide bonds. The SMILES string of the molecule is CCNC(=NCCc1ncc(C)s1)N1CCC2C(CCCN2Cc2ccccc2)C1. The van der Waals surface area contributed by atoms with Gasteiger partial charge in [0, 0.05) is 56.3 Å². The highest BCUT2D eigenvalue weighted by Crippen LogP contribution is 2.31. The van der Waals surface area contributed by atoms with Gasteiger partial charge in [0.1, 0.15) is 0 Å². The van der Waals surface area contributed by atoms with Gasteiger partial charge in [0.15, 0.2) is 5.96 Å². The fourth-order valence-corrected chi connectivity index (χ4v) is 5.69. The summed E-state index contributed by atoms with van der Waals surface area (Å²) in [6.45, 7) is 10.5. The van der Waals surface area contributed by atoms with Gasteiger partial charge < -0.3 is 10.2 Å². The van der Waals surface area contributed by atoms with E-state index in [2.05, 4.69) is 64.3 Å². The number of hydrogen-bond acceptors (Lipinski definition) is 4. The molecule has 0 radical (unpaired) electrons. The molecule has 2 aromatic rings. The molecule has 0 bridgehead atoms. The van der Waals surface area contributed by atoms with Crippen molar-refractivity contribution in [3.05, 3.63) is 52.0 Å². The van der Waals surface area contributed by atoms with Crippen molar-refractivity contribution in [1.82, 2.24) is 20.1 Å². The molecular formula is C24H35N5S. The predicted octanol–water partition coefficient (Wildman–Crippen LogP) is 3.95.